The van der Waals surface area contributed by atoms with Crippen molar-refractivity contribution in [3.63, 3.8) is 0 Å². The van der Waals surface area contributed by atoms with E-state index < -0.39 is 6.03 Å². The van der Waals surface area contributed by atoms with Crippen molar-refractivity contribution >= 4 is 17.8 Å². The highest BCUT2D eigenvalue weighted by atomic mass is 16.2. The van der Waals surface area contributed by atoms with Gasteiger partial charge in [0.25, 0.3) is 0 Å². The molecule has 1 unspecified atom stereocenters. The van der Waals surface area contributed by atoms with Crippen molar-refractivity contribution in [2.75, 3.05) is 18.4 Å². The number of anilines is 1. The van der Waals surface area contributed by atoms with Crippen LogP contribution in [0.3, 0.4) is 0 Å². The minimum absolute atomic E-state index is 0.111. The number of aromatic amines is 1. The largest absolute Gasteiger partial charge is 0.351 e. The van der Waals surface area contributed by atoms with Crippen LogP contribution < -0.4 is 11.1 Å². The number of hydrogen-bond acceptors (Lipinski definition) is 3. The van der Waals surface area contributed by atoms with E-state index in [0.29, 0.717) is 18.9 Å². The van der Waals surface area contributed by atoms with E-state index in [-0.39, 0.29) is 11.8 Å². The van der Waals surface area contributed by atoms with Crippen molar-refractivity contribution in [2.24, 2.45) is 11.7 Å². The first kappa shape index (κ1) is 13.4. The molecule has 0 bridgehead atoms. The summed E-state index contributed by atoms with van der Waals surface area (Å²) in [5.41, 5.74) is 7.10. The van der Waals surface area contributed by atoms with Gasteiger partial charge in [-0.15, -0.1) is 0 Å². The Kier molecular flexibility index (Phi) is 3.73. The molecule has 1 fully saturated rings. The molecular weight excluding hydrogens is 246 g/mol. The third-order valence-corrected chi connectivity index (χ3v) is 3.60. The summed E-state index contributed by atoms with van der Waals surface area (Å²) < 4.78 is 0. The number of amides is 3. The standard InChI is InChI=1S/C12H19N5O2/c1-7-8(2)15-16-10(7)14-11(18)9-4-3-5-17(6-9)12(13)19/h9H,3-6H2,1-2H3,(H2,13,19)(H2,14,15,16,18). The number of rotatable bonds is 2. The van der Waals surface area contributed by atoms with E-state index in [1.165, 1.54) is 4.90 Å². The highest BCUT2D eigenvalue weighted by Crippen LogP contribution is 2.20. The smallest absolute Gasteiger partial charge is 0.314 e. The Labute approximate surface area is 111 Å². The number of aromatic nitrogens is 2. The summed E-state index contributed by atoms with van der Waals surface area (Å²) in [6, 6.07) is -0.468. The van der Waals surface area contributed by atoms with E-state index >= 15 is 0 Å². The maximum absolute atomic E-state index is 12.2. The van der Waals surface area contributed by atoms with Crippen molar-refractivity contribution in [1.29, 1.82) is 0 Å². The SMILES string of the molecule is Cc1[nH]nc(NC(=O)C2CCCN(C(N)=O)C2)c1C. The number of aryl methyl sites for hydroxylation is 1. The minimum Gasteiger partial charge on any atom is -0.351 e. The van der Waals surface area contributed by atoms with Gasteiger partial charge < -0.3 is 16.0 Å². The van der Waals surface area contributed by atoms with E-state index in [9.17, 15) is 9.59 Å². The predicted molar refractivity (Wildman–Crippen MR) is 70.6 cm³/mol. The number of hydrogen-bond donors (Lipinski definition) is 3. The fourth-order valence-corrected chi connectivity index (χ4v) is 2.22. The third-order valence-electron chi connectivity index (χ3n) is 3.60. The Bertz CT molecular complexity index is 496. The molecule has 0 spiro atoms. The fraction of sp³-hybridized carbons (Fsp3) is 0.583. The van der Waals surface area contributed by atoms with Crippen LogP contribution in [-0.4, -0.2) is 40.1 Å². The zero-order valence-electron chi connectivity index (χ0n) is 11.2. The molecule has 3 amide bonds. The van der Waals surface area contributed by atoms with Crippen LogP contribution in [0.2, 0.25) is 0 Å². The van der Waals surface area contributed by atoms with Gasteiger partial charge in [0, 0.05) is 24.3 Å². The molecule has 4 N–H and O–H groups in total. The van der Waals surface area contributed by atoms with Crippen LogP contribution in [0.1, 0.15) is 24.1 Å². The molecule has 0 aromatic carbocycles. The highest BCUT2D eigenvalue weighted by molar-refractivity contribution is 5.93. The Morgan fingerprint density at radius 1 is 1.47 bits per heavy atom. The van der Waals surface area contributed by atoms with Gasteiger partial charge in [0.15, 0.2) is 5.82 Å². The summed E-state index contributed by atoms with van der Waals surface area (Å²) in [5.74, 6) is 0.219. The van der Waals surface area contributed by atoms with Crippen LogP contribution in [0.25, 0.3) is 0 Å². The van der Waals surface area contributed by atoms with E-state index in [4.69, 9.17) is 5.73 Å². The number of urea groups is 1. The quantitative estimate of drug-likeness (QED) is 0.735. The lowest BCUT2D eigenvalue weighted by Crippen LogP contribution is -2.46. The highest BCUT2D eigenvalue weighted by Gasteiger charge is 2.28. The number of nitrogens with zero attached hydrogens (tertiary/aromatic N) is 2. The van der Waals surface area contributed by atoms with Gasteiger partial charge in [-0.2, -0.15) is 5.10 Å². The van der Waals surface area contributed by atoms with Crippen LogP contribution in [0.4, 0.5) is 10.6 Å². The maximum Gasteiger partial charge on any atom is 0.314 e. The van der Waals surface area contributed by atoms with E-state index in [2.05, 4.69) is 15.5 Å². The first-order chi connectivity index (χ1) is 8.99. The summed E-state index contributed by atoms with van der Waals surface area (Å²) in [4.78, 5) is 24.8. The Hall–Kier alpha value is -2.05. The molecule has 1 saturated heterocycles. The summed E-state index contributed by atoms with van der Waals surface area (Å²) in [5, 5.41) is 9.67. The molecule has 7 nitrogen and oxygen atoms in total. The normalized spacial score (nSPS) is 19.3. The predicted octanol–water partition coefficient (Wildman–Crippen LogP) is 0.756. The van der Waals surface area contributed by atoms with Crippen LogP contribution in [0.15, 0.2) is 0 Å². The van der Waals surface area contributed by atoms with Gasteiger partial charge in [-0.05, 0) is 26.7 Å². The first-order valence-corrected chi connectivity index (χ1v) is 6.36. The molecule has 1 atom stereocenters. The molecule has 2 rings (SSSR count). The van der Waals surface area contributed by atoms with Crippen LogP contribution in [0.5, 0.6) is 0 Å². The molecule has 104 valence electrons. The number of nitrogens with one attached hydrogen (secondary N) is 2. The van der Waals surface area contributed by atoms with Crippen molar-refractivity contribution in [3.8, 4) is 0 Å². The molecule has 1 aliphatic rings. The zero-order chi connectivity index (χ0) is 14.0. The van der Waals surface area contributed by atoms with Gasteiger partial charge in [0.1, 0.15) is 0 Å². The third kappa shape index (κ3) is 2.86. The van der Waals surface area contributed by atoms with Gasteiger partial charge in [0.05, 0.1) is 5.92 Å². The van der Waals surface area contributed by atoms with Gasteiger partial charge in [0.2, 0.25) is 5.91 Å². The van der Waals surface area contributed by atoms with Crippen molar-refractivity contribution in [2.45, 2.75) is 26.7 Å². The van der Waals surface area contributed by atoms with Gasteiger partial charge in [-0.25, -0.2) is 4.79 Å². The summed E-state index contributed by atoms with van der Waals surface area (Å²) >= 11 is 0. The van der Waals surface area contributed by atoms with E-state index in [0.717, 1.165) is 24.1 Å². The Morgan fingerprint density at radius 2 is 2.21 bits per heavy atom. The van der Waals surface area contributed by atoms with E-state index in [1.54, 1.807) is 0 Å². The number of nitrogens with two attached hydrogens (primary N) is 1. The molecule has 1 aromatic rings. The van der Waals surface area contributed by atoms with Crippen molar-refractivity contribution in [3.05, 3.63) is 11.3 Å². The lowest BCUT2D eigenvalue weighted by molar-refractivity contribution is -0.121. The van der Waals surface area contributed by atoms with Crippen LogP contribution in [-0.2, 0) is 4.79 Å². The number of carbonyl (C=O) groups excluding carboxylic acids is 2. The van der Waals surface area contributed by atoms with Gasteiger partial charge >= 0.3 is 6.03 Å². The number of carbonyl (C=O) groups is 2. The monoisotopic (exact) mass is 265 g/mol. The summed E-state index contributed by atoms with van der Waals surface area (Å²) in [6.07, 6.45) is 1.55. The average Bonchev–Trinajstić information content (AvgIpc) is 2.71. The lowest BCUT2D eigenvalue weighted by atomic mass is 9.97. The van der Waals surface area contributed by atoms with E-state index in [1.807, 2.05) is 13.8 Å². The zero-order valence-corrected chi connectivity index (χ0v) is 11.2. The minimum atomic E-state index is -0.468. The lowest BCUT2D eigenvalue weighted by Gasteiger charge is -2.30. The van der Waals surface area contributed by atoms with Crippen molar-refractivity contribution < 1.29 is 9.59 Å². The summed E-state index contributed by atoms with van der Waals surface area (Å²) in [6.45, 7) is 4.79. The molecule has 1 aliphatic heterocycles. The Morgan fingerprint density at radius 3 is 2.79 bits per heavy atom. The summed E-state index contributed by atoms with van der Waals surface area (Å²) in [7, 11) is 0. The molecule has 1 aromatic heterocycles. The molecule has 2 heterocycles. The first-order valence-electron chi connectivity index (χ1n) is 6.36. The second kappa shape index (κ2) is 5.29. The molecule has 19 heavy (non-hydrogen) atoms. The van der Waals surface area contributed by atoms with Crippen LogP contribution >= 0.6 is 0 Å². The number of primary amides is 1. The topological polar surface area (TPSA) is 104 Å². The van der Waals surface area contributed by atoms with Gasteiger partial charge in [-0.1, -0.05) is 0 Å². The van der Waals surface area contributed by atoms with Crippen molar-refractivity contribution in [1.82, 2.24) is 15.1 Å². The molecule has 0 radical (unpaired) electrons. The number of H-pyrrole nitrogens is 1. The second-order valence-electron chi connectivity index (χ2n) is 4.93. The second-order valence-corrected chi connectivity index (χ2v) is 4.93. The number of piperidine rings is 1. The average molecular weight is 265 g/mol. The molecule has 0 saturated carbocycles. The molecule has 7 heteroatoms. The van der Waals surface area contributed by atoms with Gasteiger partial charge in [-0.3, -0.25) is 9.89 Å². The fourth-order valence-electron chi connectivity index (χ4n) is 2.22. The molecular formula is C12H19N5O2. The van der Waals surface area contributed by atoms with Crippen LogP contribution in [0, 0.1) is 19.8 Å². The Balaban J connectivity index is 2.00. The maximum atomic E-state index is 12.2. The molecule has 0 aliphatic carbocycles. The number of likely N-dealkylation sites (tertiary alicyclic amines) is 1.